The molecule has 0 spiro atoms. The molecule has 2 aliphatic heterocycles. The second-order valence-corrected chi connectivity index (χ2v) is 24.8. The summed E-state index contributed by atoms with van der Waals surface area (Å²) in [7, 11) is 0. The van der Waals surface area contributed by atoms with Crippen LogP contribution in [0.15, 0.2) is 237 Å². The topological polar surface area (TPSA) is 21.7 Å². The normalized spacial score (nSPS) is 15.5. The summed E-state index contributed by atoms with van der Waals surface area (Å²) >= 11 is 0. The molecule has 0 aromatic heterocycles. The van der Waals surface area contributed by atoms with Gasteiger partial charge >= 0.3 is 0 Å². The summed E-state index contributed by atoms with van der Waals surface area (Å²) in [6, 6.07) is 86.9. The fourth-order valence-corrected chi connectivity index (χ4v) is 14.3. The predicted molar refractivity (Wildman–Crippen MR) is 335 cm³/mol. The molecule has 4 aliphatic rings. The number of para-hydroxylation sites is 2. The zero-order valence-electron chi connectivity index (χ0n) is 47.3. The molecule has 392 valence electrons. The van der Waals surface area contributed by atoms with Gasteiger partial charge in [0.15, 0.2) is 0 Å². The molecule has 3 nitrogen and oxygen atoms in total. The van der Waals surface area contributed by atoms with Crippen molar-refractivity contribution in [2.75, 3.05) is 4.90 Å². The van der Waals surface area contributed by atoms with Crippen molar-refractivity contribution >= 4 is 17.1 Å². The van der Waals surface area contributed by atoms with Crippen molar-refractivity contribution in [3.63, 3.8) is 0 Å². The fraction of sp³-hybridized carbons (Fsp3) is 0.154. The lowest BCUT2D eigenvalue weighted by molar-refractivity contribution is 0.420. The summed E-state index contributed by atoms with van der Waals surface area (Å²) in [6.45, 7) is 18.7. The molecule has 0 atom stereocenters. The number of anilines is 3. The lowest BCUT2D eigenvalue weighted by atomic mass is 9.73. The lowest BCUT2D eigenvalue weighted by Gasteiger charge is -2.37. The van der Waals surface area contributed by atoms with E-state index in [4.69, 9.17) is 9.47 Å². The van der Waals surface area contributed by atoms with Gasteiger partial charge in [-0.3, -0.25) is 0 Å². The number of hydrogen-bond acceptors (Lipinski definition) is 3. The lowest BCUT2D eigenvalue weighted by Crippen LogP contribution is -2.25. The van der Waals surface area contributed by atoms with E-state index in [2.05, 4.69) is 297 Å². The van der Waals surface area contributed by atoms with Crippen LogP contribution < -0.4 is 14.4 Å². The molecule has 3 heteroatoms. The van der Waals surface area contributed by atoms with Gasteiger partial charge in [-0.2, -0.15) is 0 Å². The van der Waals surface area contributed by atoms with Crippen molar-refractivity contribution in [2.45, 2.75) is 77.0 Å². The highest BCUT2D eigenvalue weighted by Crippen LogP contribution is 2.62. The highest BCUT2D eigenvalue weighted by molar-refractivity contribution is 5.91. The van der Waals surface area contributed by atoms with E-state index in [-0.39, 0.29) is 21.7 Å². The molecular formula is C78H63NO2. The Labute approximate surface area is 476 Å². The fourth-order valence-electron chi connectivity index (χ4n) is 14.3. The molecular weight excluding hydrogens is 983 g/mol. The van der Waals surface area contributed by atoms with Crippen molar-refractivity contribution in [2.24, 2.45) is 0 Å². The van der Waals surface area contributed by atoms with Gasteiger partial charge in [0, 0.05) is 83.2 Å². The van der Waals surface area contributed by atoms with Gasteiger partial charge in [-0.15, -0.1) is 0 Å². The molecule has 0 bridgehead atoms. The van der Waals surface area contributed by atoms with Gasteiger partial charge in [0.2, 0.25) is 0 Å². The number of nitrogens with zero attached hydrogens (tertiary/aromatic N) is 1. The average Bonchev–Trinajstić information content (AvgIpc) is 4.02. The largest absolute Gasteiger partial charge is 0.455 e. The standard InChI is InChI=1S/C78H63NO2/c1-75(2)61-27-14-12-23-59(61)69-63(75)43-45-67-73(69)80-71-57(25-17-29-65(71)77(67,5)6)50-33-39-55(40-34-50)79(54-37-31-49(32-38-54)53-22-16-21-52(47-53)48-19-10-9-11-20-48)56-41-35-51(36-42-56)58-26-18-30-66-72(58)81-74-68(78(66,7)8)46-44-64-70(74)60-24-13-15-28-62(60)76(64,3)4/h9-47H,1-8H3. The van der Waals surface area contributed by atoms with E-state index in [1.807, 2.05) is 0 Å². The maximum absolute atomic E-state index is 7.32. The Morgan fingerprint density at radius 3 is 0.988 bits per heavy atom. The molecule has 0 amide bonds. The molecule has 0 saturated heterocycles. The number of benzene rings is 11. The highest BCUT2D eigenvalue weighted by atomic mass is 16.5. The summed E-state index contributed by atoms with van der Waals surface area (Å²) in [5, 5.41) is 0. The Kier molecular flexibility index (Phi) is 10.7. The second-order valence-electron chi connectivity index (χ2n) is 24.8. The van der Waals surface area contributed by atoms with Gasteiger partial charge in [0.25, 0.3) is 0 Å². The molecule has 0 radical (unpaired) electrons. The van der Waals surface area contributed by atoms with E-state index in [1.54, 1.807) is 0 Å². The van der Waals surface area contributed by atoms with E-state index < -0.39 is 0 Å². The Bertz CT molecular complexity index is 4150. The minimum absolute atomic E-state index is 0.129. The summed E-state index contributed by atoms with van der Waals surface area (Å²) in [6.07, 6.45) is 0. The van der Waals surface area contributed by atoms with Crippen molar-refractivity contribution in [3.8, 4) is 89.8 Å². The quantitative estimate of drug-likeness (QED) is 0.159. The van der Waals surface area contributed by atoms with Crippen LogP contribution >= 0.6 is 0 Å². The average molecular weight is 1050 g/mol. The second kappa shape index (κ2) is 17.7. The van der Waals surface area contributed by atoms with Gasteiger partial charge in [-0.05, 0) is 109 Å². The van der Waals surface area contributed by atoms with Crippen LogP contribution in [-0.4, -0.2) is 0 Å². The molecule has 81 heavy (non-hydrogen) atoms. The Hall–Kier alpha value is -9.18. The smallest absolute Gasteiger partial charge is 0.139 e. The molecule has 2 aliphatic carbocycles. The molecule has 0 N–H and O–H groups in total. The van der Waals surface area contributed by atoms with Crippen LogP contribution in [0.5, 0.6) is 23.0 Å². The zero-order chi connectivity index (χ0) is 55.2. The van der Waals surface area contributed by atoms with E-state index in [9.17, 15) is 0 Å². The van der Waals surface area contributed by atoms with E-state index in [1.165, 1.54) is 83.5 Å². The van der Waals surface area contributed by atoms with Crippen LogP contribution in [0.25, 0.3) is 66.8 Å². The van der Waals surface area contributed by atoms with Gasteiger partial charge in [-0.1, -0.05) is 250 Å². The monoisotopic (exact) mass is 1050 g/mol. The summed E-state index contributed by atoms with van der Waals surface area (Å²) in [5.74, 6) is 3.81. The SMILES string of the molecule is CC1(C)c2cccc(-c3ccc(N(c4ccc(-c5cccc(-c6ccccc6)c5)cc4)c4ccc(-c5cccc6c5Oc5c(ccc7c5-c5ccccc5C7(C)C)C6(C)C)cc4)cc3)c2Oc2c1ccc1c2-c2ccccc2C1(C)C. The first kappa shape index (κ1) is 48.9. The van der Waals surface area contributed by atoms with Gasteiger partial charge in [-0.25, -0.2) is 0 Å². The zero-order valence-corrected chi connectivity index (χ0v) is 47.3. The highest BCUT2D eigenvalue weighted by Gasteiger charge is 2.45. The van der Waals surface area contributed by atoms with Crippen molar-refractivity contribution < 1.29 is 9.47 Å². The van der Waals surface area contributed by atoms with E-state index >= 15 is 0 Å². The summed E-state index contributed by atoms with van der Waals surface area (Å²) < 4.78 is 14.6. The van der Waals surface area contributed by atoms with Crippen LogP contribution in [-0.2, 0) is 21.7 Å². The molecule has 11 aromatic rings. The number of rotatable bonds is 7. The number of hydrogen-bond donors (Lipinski definition) is 0. The van der Waals surface area contributed by atoms with E-state index in [0.717, 1.165) is 67.9 Å². The van der Waals surface area contributed by atoms with Crippen LogP contribution in [0.2, 0.25) is 0 Å². The van der Waals surface area contributed by atoms with Gasteiger partial charge < -0.3 is 14.4 Å². The van der Waals surface area contributed by atoms with E-state index in [0.29, 0.717) is 0 Å². The molecule has 11 aromatic carbocycles. The number of ether oxygens (including phenoxy) is 2. The molecule has 0 unspecified atom stereocenters. The van der Waals surface area contributed by atoms with Crippen LogP contribution in [0.1, 0.15) is 99.9 Å². The number of fused-ring (bicyclic) bond motifs is 12. The molecule has 0 fully saturated rings. The van der Waals surface area contributed by atoms with Crippen molar-refractivity contribution in [3.05, 3.63) is 281 Å². The minimum atomic E-state index is -0.289. The summed E-state index contributed by atoms with van der Waals surface area (Å²) in [5.41, 5.74) is 26.5. The first-order chi connectivity index (χ1) is 39.2. The van der Waals surface area contributed by atoms with Crippen LogP contribution in [0, 0.1) is 0 Å². The van der Waals surface area contributed by atoms with Crippen molar-refractivity contribution in [1.29, 1.82) is 0 Å². The Balaban J connectivity index is 0.813. The molecule has 2 heterocycles. The Morgan fingerprint density at radius 1 is 0.235 bits per heavy atom. The maximum Gasteiger partial charge on any atom is 0.139 e. The third-order valence-corrected chi connectivity index (χ3v) is 18.8. The van der Waals surface area contributed by atoms with Crippen molar-refractivity contribution in [1.82, 2.24) is 0 Å². The third kappa shape index (κ3) is 7.27. The molecule has 0 saturated carbocycles. The molecule has 15 rings (SSSR count). The first-order valence-corrected chi connectivity index (χ1v) is 28.6. The Morgan fingerprint density at radius 2 is 0.543 bits per heavy atom. The predicted octanol–water partition coefficient (Wildman–Crippen LogP) is 21.3. The van der Waals surface area contributed by atoms with Gasteiger partial charge in [0.05, 0.1) is 0 Å². The maximum atomic E-state index is 7.32. The summed E-state index contributed by atoms with van der Waals surface area (Å²) in [4.78, 5) is 2.37. The third-order valence-electron chi connectivity index (χ3n) is 18.8. The van der Waals surface area contributed by atoms with Crippen LogP contribution in [0.3, 0.4) is 0 Å². The van der Waals surface area contributed by atoms with Gasteiger partial charge in [0.1, 0.15) is 23.0 Å². The van der Waals surface area contributed by atoms with Crippen LogP contribution in [0.4, 0.5) is 17.1 Å². The minimum Gasteiger partial charge on any atom is -0.455 e. The first-order valence-electron chi connectivity index (χ1n) is 28.6.